The zero-order chi connectivity index (χ0) is 23.3. The number of nitrogens with zero attached hydrogens (tertiary/aromatic N) is 1. The summed E-state index contributed by atoms with van der Waals surface area (Å²) in [6.07, 6.45) is 8.92. The van der Waals surface area contributed by atoms with Gasteiger partial charge in [0, 0.05) is 23.9 Å². The molecular formula is C28H28F2N2O. The van der Waals surface area contributed by atoms with Gasteiger partial charge in [-0.2, -0.15) is 0 Å². The van der Waals surface area contributed by atoms with E-state index in [2.05, 4.69) is 16.4 Å². The number of rotatable bonds is 9. The molecule has 1 heterocycles. The Morgan fingerprint density at radius 3 is 2.27 bits per heavy atom. The summed E-state index contributed by atoms with van der Waals surface area (Å²) >= 11 is 0. The minimum absolute atomic E-state index is 0.0905. The first-order chi connectivity index (χ1) is 16.0. The number of aryl methyl sites for hydroxylation is 2. The molecule has 1 saturated carbocycles. The molecule has 0 radical (unpaired) electrons. The standard InChI is InChI=1S/C28H28F2N2O/c1-20-21(6-4-18-31-20)5-2-3-17-32-27(33)16-11-24-19-28(24,22-7-12-25(29)13-8-22)23-9-14-26(30)15-10-23/h4,6-16,18,24H,2-3,5,17,19H2,1H3,(H,32,33)/t24-/m1/s1. The van der Waals surface area contributed by atoms with E-state index in [-0.39, 0.29) is 28.9 Å². The van der Waals surface area contributed by atoms with E-state index < -0.39 is 0 Å². The fourth-order valence-corrected chi connectivity index (χ4v) is 4.54. The molecule has 1 aliphatic rings. The van der Waals surface area contributed by atoms with Crippen LogP contribution in [0, 0.1) is 24.5 Å². The lowest BCUT2D eigenvalue weighted by atomic mass is 9.85. The highest BCUT2D eigenvalue weighted by Gasteiger charge is 2.55. The highest BCUT2D eigenvalue weighted by molar-refractivity contribution is 5.87. The van der Waals surface area contributed by atoms with Crippen molar-refractivity contribution in [2.75, 3.05) is 6.54 Å². The first-order valence-electron chi connectivity index (χ1n) is 11.4. The topological polar surface area (TPSA) is 42.0 Å². The van der Waals surface area contributed by atoms with Crippen LogP contribution in [0.15, 0.2) is 79.0 Å². The zero-order valence-corrected chi connectivity index (χ0v) is 18.7. The van der Waals surface area contributed by atoms with Crippen molar-refractivity contribution in [3.05, 3.63) is 113 Å². The van der Waals surface area contributed by atoms with Crippen LogP contribution in [0.5, 0.6) is 0 Å². The molecule has 1 atom stereocenters. The van der Waals surface area contributed by atoms with Crippen molar-refractivity contribution < 1.29 is 13.6 Å². The van der Waals surface area contributed by atoms with E-state index >= 15 is 0 Å². The van der Waals surface area contributed by atoms with Gasteiger partial charge in [-0.3, -0.25) is 9.78 Å². The van der Waals surface area contributed by atoms with E-state index in [1.54, 1.807) is 36.5 Å². The predicted octanol–water partition coefficient (Wildman–Crippen LogP) is 5.67. The third-order valence-electron chi connectivity index (χ3n) is 6.50. The average Bonchev–Trinajstić information content (AvgIpc) is 3.55. The Labute approximate surface area is 193 Å². The summed E-state index contributed by atoms with van der Waals surface area (Å²) in [4.78, 5) is 16.6. The van der Waals surface area contributed by atoms with E-state index in [0.717, 1.165) is 42.5 Å². The number of halogens is 2. The molecule has 1 amide bonds. The molecular weight excluding hydrogens is 418 g/mol. The summed E-state index contributed by atoms with van der Waals surface area (Å²) in [7, 11) is 0. The van der Waals surface area contributed by atoms with Crippen LogP contribution in [0.2, 0.25) is 0 Å². The number of benzene rings is 2. The Hall–Kier alpha value is -3.34. The molecule has 0 aliphatic heterocycles. The second-order valence-electron chi connectivity index (χ2n) is 8.65. The molecule has 1 N–H and O–H groups in total. The molecule has 0 unspecified atom stereocenters. The third kappa shape index (κ3) is 5.36. The third-order valence-corrected chi connectivity index (χ3v) is 6.50. The largest absolute Gasteiger partial charge is 0.353 e. The van der Waals surface area contributed by atoms with Crippen molar-refractivity contribution in [3.8, 4) is 0 Å². The lowest BCUT2D eigenvalue weighted by Gasteiger charge is -2.18. The number of allylic oxidation sites excluding steroid dienone is 1. The normalized spacial score (nSPS) is 16.6. The number of aromatic nitrogens is 1. The quantitative estimate of drug-likeness (QED) is 0.340. The molecule has 0 spiro atoms. The SMILES string of the molecule is Cc1ncccc1CCCCNC(=O)C=C[C@@H]1CC1(c1ccc(F)cc1)c1ccc(F)cc1. The van der Waals surface area contributed by atoms with Gasteiger partial charge in [-0.05, 0) is 91.6 Å². The van der Waals surface area contributed by atoms with E-state index in [1.165, 1.54) is 29.8 Å². The van der Waals surface area contributed by atoms with Crippen molar-refractivity contribution in [1.82, 2.24) is 10.3 Å². The molecule has 1 aromatic heterocycles. The molecule has 0 bridgehead atoms. The monoisotopic (exact) mass is 446 g/mol. The van der Waals surface area contributed by atoms with E-state index in [1.807, 2.05) is 19.1 Å². The average molecular weight is 447 g/mol. The lowest BCUT2D eigenvalue weighted by molar-refractivity contribution is -0.116. The minimum atomic E-state index is -0.361. The number of hydrogen-bond acceptors (Lipinski definition) is 2. The second-order valence-corrected chi connectivity index (χ2v) is 8.65. The van der Waals surface area contributed by atoms with Crippen LogP contribution in [0.3, 0.4) is 0 Å². The predicted molar refractivity (Wildman–Crippen MR) is 126 cm³/mol. The molecule has 3 nitrogen and oxygen atoms in total. The maximum absolute atomic E-state index is 13.5. The Balaban J connectivity index is 1.33. The van der Waals surface area contributed by atoms with Crippen LogP contribution in [-0.4, -0.2) is 17.4 Å². The minimum Gasteiger partial charge on any atom is -0.353 e. The number of nitrogens with one attached hydrogen (secondary N) is 1. The van der Waals surface area contributed by atoms with Crippen LogP contribution in [0.25, 0.3) is 0 Å². The van der Waals surface area contributed by atoms with Crippen LogP contribution in [0.1, 0.15) is 41.6 Å². The number of carbonyl (C=O) groups is 1. The van der Waals surface area contributed by atoms with Crippen molar-refractivity contribution in [2.24, 2.45) is 5.92 Å². The maximum Gasteiger partial charge on any atom is 0.243 e. The Morgan fingerprint density at radius 1 is 1.03 bits per heavy atom. The Kier molecular flexibility index (Phi) is 6.97. The maximum atomic E-state index is 13.5. The lowest BCUT2D eigenvalue weighted by Crippen LogP contribution is -2.22. The molecule has 3 aromatic rings. The van der Waals surface area contributed by atoms with Gasteiger partial charge in [0.25, 0.3) is 0 Å². The highest BCUT2D eigenvalue weighted by atomic mass is 19.1. The van der Waals surface area contributed by atoms with Crippen LogP contribution < -0.4 is 5.32 Å². The number of pyridine rings is 1. The summed E-state index contributed by atoms with van der Waals surface area (Å²) in [6.45, 7) is 2.63. The second kappa shape index (κ2) is 10.1. The number of unbranched alkanes of at least 4 members (excludes halogenated alkanes) is 1. The Bertz CT molecular complexity index is 1080. The molecule has 0 saturated heterocycles. The number of hydrogen-bond donors (Lipinski definition) is 1. The van der Waals surface area contributed by atoms with Crippen molar-refractivity contribution >= 4 is 5.91 Å². The van der Waals surface area contributed by atoms with E-state index in [9.17, 15) is 13.6 Å². The smallest absolute Gasteiger partial charge is 0.243 e. The van der Waals surface area contributed by atoms with Crippen molar-refractivity contribution in [3.63, 3.8) is 0 Å². The van der Waals surface area contributed by atoms with E-state index in [0.29, 0.717) is 6.54 Å². The molecule has 1 fully saturated rings. The first kappa shape index (κ1) is 22.8. The molecule has 5 heteroatoms. The first-order valence-corrected chi connectivity index (χ1v) is 11.4. The van der Waals surface area contributed by atoms with Crippen LogP contribution >= 0.6 is 0 Å². The summed E-state index contributed by atoms with van der Waals surface area (Å²) < 4.78 is 26.9. The summed E-state index contributed by atoms with van der Waals surface area (Å²) in [5, 5.41) is 2.95. The van der Waals surface area contributed by atoms with Gasteiger partial charge in [0.05, 0.1) is 0 Å². The molecule has 2 aromatic carbocycles. The Morgan fingerprint density at radius 2 is 1.67 bits per heavy atom. The summed E-state index contributed by atoms with van der Waals surface area (Å²) in [5.41, 5.74) is 3.88. The van der Waals surface area contributed by atoms with Gasteiger partial charge in [0.2, 0.25) is 5.91 Å². The van der Waals surface area contributed by atoms with Gasteiger partial charge in [-0.25, -0.2) is 8.78 Å². The van der Waals surface area contributed by atoms with Gasteiger partial charge < -0.3 is 5.32 Å². The zero-order valence-electron chi connectivity index (χ0n) is 18.7. The molecule has 4 rings (SSSR count). The van der Waals surface area contributed by atoms with Gasteiger partial charge >= 0.3 is 0 Å². The van der Waals surface area contributed by atoms with Crippen LogP contribution in [-0.2, 0) is 16.6 Å². The molecule has 170 valence electrons. The summed E-state index contributed by atoms with van der Waals surface area (Å²) in [5.74, 6) is -0.614. The number of carbonyl (C=O) groups excluding carboxylic acids is 1. The van der Waals surface area contributed by atoms with Gasteiger partial charge in [0.1, 0.15) is 11.6 Å². The van der Waals surface area contributed by atoms with Crippen molar-refractivity contribution in [1.29, 1.82) is 0 Å². The fraction of sp³-hybridized carbons (Fsp3) is 0.286. The van der Waals surface area contributed by atoms with E-state index in [4.69, 9.17) is 0 Å². The van der Waals surface area contributed by atoms with Gasteiger partial charge in [-0.1, -0.05) is 36.4 Å². The van der Waals surface area contributed by atoms with Crippen molar-refractivity contribution in [2.45, 2.75) is 38.0 Å². The van der Waals surface area contributed by atoms with Gasteiger partial charge in [-0.15, -0.1) is 0 Å². The highest BCUT2D eigenvalue weighted by Crippen LogP contribution is 2.59. The molecule has 33 heavy (non-hydrogen) atoms. The molecule has 1 aliphatic carbocycles. The fourth-order valence-electron chi connectivity index (χ4n) is 4.54. The number of amides is 1. The van der Waals surface area contributed by atoms with Crippen LogP contribution in [0.4, 0.5) is 8.78 Å². The van der Waals surface area contributed by atoms with Gasteiger partial charge in [0.15, 0.2) is 0 Å². The summed E-state index contributed by atoms with van der Waals surface area (Å²) in [6, 6.07) is 16.9.